The molecule has 1 unspecified atom stereocenters. The molecule has 0 fully saturated rings. The predicted octanol–water partition coefficient (Wildman–Crippen LogP) is 9.80. The fourth-order valence-corrected chi connectivity index (χ4v) is 6.40. The molecule has 6 aromatic rings. The van der Waals surface area contributed by atoms with Crippen molar-refractivity contribution in [1.29, 1.82) is 0 Å². The Morgan fingerprint density at radius 1 is 0.689 bits per heavy atom. The van der Waals surface area contributed by atoms with Gasteiger partial charge in [-0.15, -0.1) is 0 Å². The molecule has 0 amide bonds. The van der Waals surface area contributed by atoms with Gasteiger partial charge in [0.1, 0.15) is 23.5 Å². The minimum Gasteiger partial charge on any atom is -0.457 e. The molecule has 0 saturated heterocycles. The van der Waals surface area contributed by atoms with E-state index in [2.05, 4.69) is 156 Å². The molecule has 4 heterocycles. The third kappa shape index (κ3) is 4.77. The topological polar surface area (TPSA) is 33.5 Å². The second kappa shape index (κ2) is 10.6. The number of nitrogens with zero attached hydrogens (tertiary/aromatic N) is 4. The number of anilines is 1. The summed E-state index contributed by atoms with van der Waals surface area (Å²) in [7, 11) is 0. The largest absolute Gasteiger partial charge is 0.457 e. The van der Waals surface area contributed by atoms with Crippen molar-refractivity contribution in [2.24, 2.45) is 0 Å². The van der Waals surface area contributed by atoms with Crippen LogP contribution in [-0.4, -0.2) is 20.6 Å². The molecule has 0 bridgehead atoms. The molecule has 1 atom stereocenters. The second-order valence-corrected chi connectivity index (χ2v) is 12.6. The van der Waals surface area contributed by atoms with Crippen LogP contribution in [0.1, 0.15) is 31.9 Å². The summed E-state index contributed by atoms with van der Waals surface area (Å²) in [6.07, 6.45) is 12.7. The summed E-state index contributed by atoms with van der Waals surface area (Å²) in [5.41, 5.74) is 7.00. The Hall–Kier alpha value is -5.55. The molecule has 4 aromatic carbocycles. The van der Waals surface area contributed by atoms with Gasteiger partial charge in [0, 0.05) is 46.7 Å². The molecular formula is C40H34N4O. The minimum absolute atomic E-state index is 0.0750. The van der Waals surface area contributed by atoms with Crippen molar-refractivity contribution in [3.05, 3.63) is 157 Å². The summed E-state index contributed by atoms with van der Waals surface area (Å²) in [6, 6.07) is 38.1. The monoisotopic (exact) mass is 586 g/mol. The molecule has 0 spiro atoms. The molecule has 0 N–H and O–H groups in total. The fraction of sp³-hybridized carbons (Fsp3) is 0.125. The molecule has 0 aliphatic carbocycles. The Kier molecular flexibility index (Phi) is 6.35. The Labute approximate surface area is 263 Å². The molecule has 2 aliphatic rings. The number of pyridine rings is 1. The van der Waals surface area contributed by atoms with Crippen molar-refractivity contribution in [1.82, 2.24) is 14.5 Å². The lowest BCUT2D eigenvalue weighted by Crippen LogP contribution is -2.36. The average molecular weight is 587 g/mol. The molecule has 5 nitrogen and oxygen atoms in total. The van der Waals surface area contributed by atoms with Crippen LogP contribution in [0.3, 0.4) is 0 Å². The molecule has 2 aromatic heterocycles. The Bertz CT molecular complexity index is 2130. The van der Waals surface area contributed by atoms with Gasteiger partial charge in [-0.1, -0.05) is 75.4 Å². The van der Waals surface area contributed by atoms with Gasteiger partial charge in [0.2, 0.25) is 0 Å². The van der Waals surface area contributed by atoms with E-state index >= 15 is 0 Å². The van der Waals surface area contributed by atoms with E-state index in [9.17, 15) is 0 Å². The van der Waals surface area contributed by atoms with Crippen molar-refractivity contribution >= 4 is 33.2 Å². The highest BCUT2D eigenvalue weighted by Crippen LogP contribution is 2.39. The SMILES string of the molecule is CC(C)(C)c1ccc(N2C=C(c3cccc(Oc4ccc5c6ccccc6n(-c6ccccn6)c5c4)c3)N3C=CC=CC32)cc1. The van der Waals surface area contributed by atoms with Crippen LogP contribution in [0.5, 0.6) is 11.5 Å². The van der Waals surface area contributed by atoms with E-state index in [0.29, 0.717) is 0 Å². The number of hydrogen-bond acceptors (Lipinski definition) is 4. The molecule has 2 aliphatic heterocycles. The van der Waals surface area contributed by atoms with Gasteiger partial charge in [0.25, 0.3) is 0 Å². The van der Waals surface area contributed by atoms with Gasteiger partial charge < -0.3 is 14.5 Å². The second-order valence-electron chi connectivity index (χ2n) is 12.6. The van der Waals surface area contributed by atoms with E-state index in [4.69, 9.17) is 4.74 Å². The molecule has 0 saturated carbocycles. The first-order valence-electron chi connectivity index (χ1n) is 15.4. The van der Waals surface area contributed by atoms with Crippen LogP contribution < -0.4 is 9.64 Å². The molecular weight excluding hydrogens is 552 g/mol. The van der Waals surface area contributed by atoms with Gasteiger partial charge in [-0.3, -0.25) is 4.57 Å². The van der Waals surface area contributed by atoms with Crippen LogP contribution in [0.2, 0.25) is 0 Å². The molecule has 0 radical (unpaired) electrons. The van der Waals surface area contributed by atoms with E-state index in [0.717, 1.165) is 45.3 Å². The van der Waals surface area contributed by atoms with Gasteiger partial charge in [-0.25, -0.2) is 4.98 Å². The molecule has 5 heteroatoms. The normalized spacial score (nSPS) is 16.0. The lowest BCUT2D eigenvalue weighted by atomic mass is 9.87. The third-order valence-electron chi connectivity index (χ3n) is 8.67. The van der Waals surface area contributed by atoms with Crippen molar-refractivity contribution in [3.8, 4) is 17.3 Å². The van der Waals surface area contributed by atoms with E-state index in [-0.39, 0.29) is 11.6 Å². The fourth-order valence-electron chi connectivity index (χ4n) is 6.40. The Morgan fingerprint density at radius 3 is 2.31 bits per heavy atom. The highest BCUT2D eigenvalue weighted by Gasteiger charge is 2.32. The van der Waals surface area contributed by atoms with Crippen LogP contribution in [0.15, 0.2) is 146 Å². The lowest BCUT2D eigenvalue weighted by molar-refractivity contribution is 0.470. The van der Waals surface area contributed by atoms with Crippen LogP contribution in [-0.2, 0) is 5.41 Å². The van der Waals surface area contributed by atoms with E-state index < -0.39 is 0 Å². The zero-order valence-electron chi connectivity index (χ0n) is 25.6. The molecule has 220 valence electrons. The van der Waals surface area contributed by atoms with Crippen molar-refractivity contribution in [3.63, 3.8) is 0 Å². The van der Waals surface area contributed by atoms with Gasteiger partial charge in [-0.05, 0) is 77.7 Å². The van der Waals surface area contributed by atoms with Crippen molar-refractivity contribution < 1.29 is 4.74 Å². The van der Waals surface area contributed by atoms with E-state index in [1.165, 1.54) is 16.3 Å². The van der Waals surface area contributed by atoms with Crippen LogP contribution >= 0.6 is 0 Å². The molecule has 45 heavy (non-hydrogen) atoms. The zero-order valence-corrected chi connectivity index (χ0v) is 25.6. The third-order valence-corrected chi connectivity index (χ3v) is 8.67. The first-order valence-corrected chi connectivity index (χ1v) is 15.4. The van der Waals surface area contributed by atoms with Crippen molar-refractivity contribution in [2.75, 3.05) is 4.90 Å². The summed E-state index contributed by atoms with van der Waals surface area (Å²) in [5, 5.41) is 2.36. The van der Waals surface area contributed by atoms with E-state index in [1.54, 1.807) is 0 Å². The highest BCUT2D eigenvalue weighted by atomic mass is 16.5. The average Bonchev–Trinajstić information content (AvgIpc) is 3.61. The van der Waals surface area contributed by atoms with Crippen LogP contribution in [0.25, 0.3) is 33.3 Å². The van der Waals surface area contributed by atoms with Gasteiger partial charge >= 0.3 is 0 Å². The number of hydrogen-bond donors (Lipinski definition) is 0. The van der Waals surface area contributed by atoms with Crippen LogP contribution in [0, 0.1) is 0 Å². The number of aromatic nitrogens is 2. The van der Waals surface area contributed by atoms with Gasteiger partial charge in [0.15, 0.2) is 0 Å². The number of rotatable bonds is 5. The lowest BCUT2D eigenvalue weighted by Gasteiger charge is -2.31. The summed E-state index contributed by atoms with van der Waals surface area (Å²) in [4.78, 5) is 9.31. The first kappa shape index (κ1) is 27.0. The van der Waals surface area contributed by atoms with Gasteiger partial charge in [-0.2, -0.15) is 0 Å². The number of ether oxygens (including phenoxy) is 1. The number of benzene rings is 4. The predicted molar refractivity (Wildman–Crippen MR) is 185 cm³/mol. The number of allylic oxidation sites excluding steroid dienone is 2. The maximum Gasteiger partial charge on any atom is 0.137 e. The number of para-hydroxylation sites is 1. The highest BCUT2D eigenvalue weighted by molar-refractivity contribution is 6.09. The van der Waals surface area contributed by atoms with Gasteiger partial charge in [0.05, 0.1) is 16.7 Å². The zero-order chi connectivity index (χ0) is 30.5. The standard InChI is InChI=1S/C40H34N4O/c1-40(2,3)29-17-19-30(20-18-29)43-27-37(42-24-9-7-16-39(42)43)28-11-10-12-31(25-28)45-32-21-22-34-33-13-4-5-14-35(33)44(36(34)26-32)38-15-6-8-23-41-38/h4-27,39H,1-3H3. The smallest absolute Gasteiger partial charge is 0.137 e. The number of fused-ring (bicyclic) bond motifs is 4. The van der Waals surface area contributed by atoms with Crippen LogP contribution in [0.4, 0.5) is 5.69 Å². The summed E-state index contributed by atoms with van der Waals surface area (Å²) < 4.78 is 8.75. The summed E-state index contributed by atoms with van der Waals surface area (Å²) >= 11 is 0. The van der Waals surface area contributed by atoms with Crippen molar-refractivity contribution in [2.45, 2.75) is 32.4 Å². The molecule has 8 rings (SSSR count). The van der Waals surface area contributed by atoms with E-state index in [1.807, 2.05) is 30.5 Å². The maximum atomic E-state index is 6.54. The summed E-state index contributed by atoms with van der Waals surface area (Å²) in [5.74, 6) is 2.44. The first-order chi connectivity index (χ1) is 21.9. The Morgan fingerprint density at radius 2 is 1.49 bits per heavy atom. The minimum atomic E-state index is 0.0750. The Balaban J connectivity index is 1.14. The maximum absolute atomic E-state index is 6.54. The quantitative estimate of drug-likeness (QED) is 0.201. The summed E-state index contributed by atoms with van der Waals surface area (Å²) in [6.45, 7) is 6.75.